The summed E-state index contributed by atoms with van der Waals surface area (Å²) < 4.78 is 15.0. The molecule has 2 unspecified atom stereocenters. The van der Waals surface area contributed by atoms with Crippen LogP contribution in [0, 0.1) is 6.92 Å². The molecule has 2 aromatic heterocycles. The summed E-state index contributed by atoms with van der Waals surface area (Å²) in [6.07, 6.45) is 5.66. The number of ether oxygens (including phenoxy) is 2. The number of hydrogen-bond donors (Lipinski definition) is 2. The first-order chi connectivity index (χ1) is 16.0. The lowest BCUT2D eigenvalue weighted by Crippen LogP contribution is -2.44. The Hall–Kier alpha value is -3.53. The molecule has 33 heavy (non-hydrogen) atoms. The van der Waals surface area contributed by atoms with Gasteiger partial charge in [-0.05, 0) is 31.0 Å². The summed E-state index contributed by atoms with van der Waals surface area (Å²) >= 11 is 0. The third-order valence-electron chi connectivity index (χ3n) is 6.24. The van der Waals surface area contributed by atoms with Gasteiger partial charge in [-0.15, -0.1) is 0 Å². The summed E-state index contributed by atoms with van der Waals surface area (Å²) in [6.45, 7) is 3.92. The highest BCUT2D eigenvalue weighted by Gasteiger charge is 2.38. The molecule has 10 heteroatoms. The van der Waals surface area contributed by atoms with Gasteiger partial charge in [0.15, 0.2) is 17.3 Å². The predicted octanol–water partition coefficient (Wildman–Crippen LogP) is 0.984. The van der Waals surface area contributed by atoms with Crippen LogP contribution in [0.4, 0.5) is 5.82 Å². The number of nitrogens with zero attached hydrogens (tertiary/aromatic N) is 5. The van der Waals surface area contributed by atoms with E-state index in [-0.39, 0.29) is 5.91 Å². The summed E-state index contributed by atoms with van der Waals surface area (Å²) in [7, 11) is 1.93. The molecule has 10 nitrogen and oxygen atoms in total. The Bertz CT molecular complexity index is 1140. The van der Waals surface area contributed by atoms with Crippen molar-refractivity contribution in [1.82, 2.24) is 24.4 Å². The number of amides is 1. The van der Waals surface area contributed by atoms with Crippen LogP contribution in [-0.2, 0) is 18.3 Å². The van der Waals surface area contributed by atoms with Gasteiger partial charge in [0.1, 0.15) is 25.6 Å². The maximum absolute atomic E-state index is 13.1. The van der Waals surface area contributed by atoms with E-state index in [0.717, 1.165) is 22.8 Å². The molecule has 0 saturated carbocycles. The van der Waals surface area contributed by atoms with Crippen molar-refractivity contribution in [2.75, 3.05) is 31.2 Å². The molecule has 2 atom stereocenters. The minimum Gasteiger partial charge on any atom is -0.486 e. The number of carbonyl (C=O) groups is 1. The van der Waals surface area contributed by atoms with E-state index in [9.17, 15) is 9.90 Å². The lowest BCUT2D eigenvalue weighted by molar-refractivity contribution is -0.122. The second kappa shape index (κ2) is 8.78. The minimum absolute atomic E-state index is 0.113. The third-order valence-corrected chi connectivity index (χ3v) is 6.24. The summed E-state index contributed by atoms with van der Waals surface area (Å²) in [6, 6.07) is 5.37. The van der Waals surface area contributed by atoms with Crippen molar-refractivity contribution in [2.24, 2.45) is 7.05 Å². The zero-order valence-corrected chi connectivity index (χ0v) is 18.8. The number of hydrogen-bond acceptors (Lipinski definition) is 7. The van der Waals surface area contributed by atoms with Gasteiger partial charge >= 0.3 is 0 Å². The molecule has 2 N–H and O–H groups in total. The normalized spacial score (nSPS) is 19.7. The van der Waals surface area contributed by atoms with Gasteiger partial charge in [0.05, 0.1) is 11.8 Å². The highest BCUT2D eigenvalue weighted by molar-refractivity contribution is 5.86. The molecule has 1 fully saturated rings. The number of benzene rings is 1. The van der Waals surface area contributed by atoms with Gasteiger partial charge in [-0.3, -0.25) is 9.36 Å². The number of aliphatic hydroxyl groups is 1. The summed E-state index contributed by atoms with van der Waals surface area (Å²) in [5.74, 6) is 2.79. The molecule has 1 aromatic carbocycles. The molecular weight excluding hydrogens is 424 g/mol. The van der Waals surface area contributed by atoms with Crippen LogP contribution >= 0.6 is 0 Å². The second-order valence-corrected chi connectivity index (χ2v) is 8.43. The van der Waals surface area contributed by atoms with Gasteiger partial charge < -0.3 is 29.4 Å². The Labute approximate surface area is 191 Å². The molecule has 0 radical (unpaired) electrons. The fourth-order valence-corrected chi connectivity index (χ4v) is 4.42. The molecule has 4 heterocycles. The highest BCUT2D eigenvalue weighted by Crippen LogP contribution is 2.31. The standard InChI is InChI=1S/C23H28N6O4/c1-15-21(26-23(27(15)2)28-8-7-24-14-28)29-13-17(30)12-18(29)22(31)25-6-5-16-3-4-19-20(11-16)33-10-9-32-19/h3-4,7-8,11,14,17-18,30H,5-6,9-10,12-13H2,1-2H3,(H,25,31). The first kappa shape index (κ1) is 21.3. The number of aromatic nitrogens is 4. The molecular formula is C23H28N6O4. The monoisotopic (exact) mass is 452 g/mol. The number of nitrogens with one attached hydrogen (secondary N) is 1. The van der Waals surface area contributed by atoms with Gasteiger partial charge in [0.25, 0.3) is 0 Å². The van der Waals surface area contributed by atoms with Gasteiger partial charge in [-0.2, -0.15) is 4.98 Å². The zero-order valence-electron chi connectivity index (χ0n) is 18.8. The van der Waals surface area contributed by atoms with Crippen LogP contribution < -0.4 is 19.7 Å². The van der Waals surface area contributed by atoms with Gasteiger partial charge in [-0.1, -0.05) is 6.07 Å². The van der Waals surface area contributed by atoms with Crippen LogP contribution in [0.3, 0.4) is 0 Å². The van der Waals surface area contributed by atoms with Crippen LogP contribution in [0.5, 0.6) is 11.5 Å². The van der Waals surface area contributed by atoms with Gasteiger partial charge in [0, 0.05) is 39.0 Å². The van der Waals surface area contributed by atoms with Gasteiger partial charge in [0.2, 0.25) is 11.9 Å². The third kappa shape index (κ3) is 4.13. The number of fused-ring (bicyclic) bond motifs is 1. The van der Waals surface area contributed by atoms with Crippen molar-refractivity contribution in [2.45, 2.75) is 31.9 Å². The van der Waals surface area contributed by atoms with Crippen LogP contribution in [0.1, 0.15) is 17.7 Å². The number of rotatable bonds is 6. The summed E-state index contributed by atoms with van der Waals surface area (Å²) in [5.41, 5.74) is 1.98. The quantitative estimate of drug-likeness (QED) is 0.574. The Morgan fingerprint density at radius 1 is 1.27 bits per heavy atom. The molecule has 2 aliphatic rings. The molecule has 3 aromatic rings. The van der Waals surface area contributed by atoms with Crippen molar-refractivity contribution in [1.29, 1.82) is 0 Å². The summed E-state index contributed by atoms with van der Waals surface area (Å²) in [5, 5.41) is 13.4. The number of β-amino-alcohol motifs (C(OH)–C–C–N with tert-alkyl or cyclic N) is 1. The molecule has 1 saturated heterocycles. The molecule has 174 valence electrons. The van der Waals surface area contributed by atoms with Crippen LogP contribution in [0.25, 0.3) is 5.95 Å². The van der Waals surface area contributed by atoms with E-state index in [1.807, 2.05) is 52.4 Å². The highest BCUT2D eigenvalue weighted by atomic mass is 16.6. The average molecular weight is 453 g/mol. The maximum atomic E-state index is 13.1. The van der Waals surface area contributed by atoms with Crippen molar-refractivity contribution >= 4 is 11.7 Å². The molecule has 5 rings (SSSR count). The Morgan fingerprint density at radius 3 is 2.88 bits per heavy atom. The van der Waals surface area contributed by atoms with E-state index in [4.69, 9.17) is 14.5 Å². The zero-order chi connectivity index (χ0) is 22.9. The first-order valence-electron chi connectivity index (χ1n) is 11.1. The first-order valence-corrected chi connectivity index (χ1v) is 11.1. The molecule has 0 aliphatic carbocycles. The smallest absolute Gasteiger partial charge is 0.242 e. The average Bonchev–Trinajstić information content (AvgIpc) is 3.54. The van der Waals surface area contributed by atoms with E-state index in [0.29, 0.717) is 50.9 Å². The molecule has 0 bridgehead atoms. The maximum Gasteiger partial charge on any atom is 0.242 e. The Kier molecular flexibility index (Phi) is 5.67. The SMILES string of the molecule is Cc1c(N2CC(O)CC2C(=O)NCCc2ccc3c(c2)OCCO3)nc(-n2ccnc2)n1C. The van der Waals surface area contributed by atoms with E-state index < -0.39 is 12.1 Å². The number of aliphatic hydroxyl groups excluding tert-OH is 1. The second-order valence-electron chi connectivity index (χ2n) is 8.43. The Balaban J connectivity index is 1.27. The minimum atomic E-state index is -0.586. The van der Waals surface area contributed by atoms with Crippen LogP contribution in [0.15, 0.2) is 36.9 Å². The number of anilines is 1. The topological polar surface area (TPSA) is 107 Å². The molecule has 2 aliphatic heterocycles. The van der Waals surface area contributed by atoms with Crippen molar-refractivity contribution < 1.29 is 19.4 Å². The number of imidazole rings is 2. The Morgan fingerprint density at radius 2 is 2.09 bits per heavy atom. The fraction of sp³-hybridized carbons (Fsp3) is 0.435. The lowest BCUT2D eigenvalue weighted by atomic mass is 10.1. The molecule has 1 amide bonds. The van der Waals surface area contributed by atoms with Crippen LogP contribution in [-0.4, -0.2) is 68.6 Å². The number of carbonyl (C=O) groups excluding carboxylic acids is 1. The van der Waals surface area contributed by atoms with Gasteiger partial charge in [-0.25, -0.2) is 4.98 Å². The summed E-state index contributed by atoms with van der Waals surface area (Å²) in [4.78, 5) is 23.8. The fourth-order valence-electron chi connectivity index (χ4n) is 4.42. The van der Waals surface area contributed by atoms with Crippen molar-refractivity contribution in [3.05, 3.63) is 48.2 Å². The van der Waals surface area contributed by atoms with Crippen molar-refractivity contribution in [3.8, 4) is 17.4 Å². The molecule has 0 spiro atoms. The van der Waals surface area contributed by atoms with E-state index >= 15 is 0 Å². The van der Waals surface area contributed by atoms with Crippen LogP contribution in [0.2, 0.25) is 0 Å². The predicted molar refractivity (Wildman–Crippen MR) is 121 cm³/mol. The van der Waals surface area contributed by atoms with E-state index in [1.54, 1.807) is 12.5 Å². The van der Waals surface area contributed by atoms with Crippen molar-refractivity contribution in [3.63, 3.8) is 0 Å². The lowest BCUT2D eigenvalue weighted by Gasteiger charge is -2.24. The van der Waals surface area contributed by atoms with E-state index in [2.05, 4.69) is 10.3 Å². The largest absolute Gasteiger partial charge is 0.486 e. The van der Waals surface area contributed by atoms with E-state index in [1.165, 1.54) is 0 Å².